The van der Waals surface area contributed by atoms with E-state index in [2.05, 4.69) is 9.97 Å². The fourth-order valence-corrected chi connectivity index (χ4v) is 2.03. The van der Waals surface area contributed by atoms with Crippen LogP contribution in [0.2, 0.25) is 0 Å². The second kappa shape index (κ2) is 5.13. The van der Waals surface area contributed by atoms with Gasteiger partial charge in [0.1, 0.15) is 0 Å². The number of hydrogen-bond acceptors (Lipinski definition) is 4. The highest BCUT2D eigenvalue weighted by Crippen LogP contribution is 2.20. The van der Waals surface area contributed by atoms with Crippen molar-refractivity contribution in [3.8, 4) is 11.3 Å². The second-order valence-electron chi connectivity index (χ2n) is 4.23. The highest BCUT2D eigenvalue weighted by molar-refractivity contribution is 5.90. The topological polar surface area (TPSA) is 56.5 Å². The number of ether oxygens (including phenoxy) is 1. The van der Waals surface area contributed by atoms with E-state index in [1.54, 1.807) is 31.5 Å². The zero-order valence-corrected chi connectivity index (χ0v) is 11.0. The summed E-state index contributed by atoms with van der Waals surface area (Å²) in [5.41, 5.74) is 2.45. The molecular formula is C15H13N3O2. The second-order valence-corrected chi connectivity index (χ2v) is 4.23. The van der Waals surface area contributed by atoms with Crippen LogP contribution in [0.5, 0.6) is 0 Å². The number of fused-ring (bicyclic) bond motifs is 1. The van der Waals surface area contributed by atoms with Gasteiger partial charge in [-0.1, -0.05) is 12.1 Å². The molecule has 0 fully saturated rings. The van der Waals surface area contributed by atoms with E-state index in [0.717, 1.165) is 11.3 Å². The lowest BCUT2D eigenvalue weighted by Crippen LogP contribution is -2.04. The van der Waals surface area contributed by atoms with Gasteiger partial charge < -0.3 is 4.74 Å². The summed E-state index contributed by atoms with van der Waals surface area (Å²) >= 11 is 0. The number of hydrogen-bond donors (Lipinski definition) is 0. The SMILES string of the molecule is CCOC(=O)c1ccc(-c2cnc3ncccn23)cc1. The molecule has 0 spiro atoms. The van der Waals surface area contributed by atoms with Crippen LogP contribution < -0.4 is 0 Å². The van der Waals surface area contributed by atoms with Gasteiger partial charge in [-0.3, -0.25) is 4.40 Å². The molecule has 2 heterocycles. The fourth-order valence-electron chi connectivity index (χ4n) is 2.03. The molecule has 0 unspecified atom stereocenters. The number of esters is 1. The standard InChI is InChI=1S/C15H13N3O2/c1-2-20-14(19)12-6-4-11(5-7-12)13-10-17-15-16-8-3-9-18(13)15/h3-10H,2H2,1H3. The van der Waals surface area contributed by atoms with Crippen molar-refractivity contribution in [3.05, 3.63) is 54.5 Å². The average molecular weight is 267 g/mol. The molecule has 3 aromatic rings. The average Bonchev–Trinajstić information content (AvgIpc) is 2.92. The van der Waals surface area contributed by atoms with Crippen molar-refractivity contribution in [3.63, 3.8) is 0 Å². The highest BCUT2D eigenvalue weighted by atomic mass is 16.5. The number of carbonyl (C=O) groups is 1. The number of imidazole rings is 1. The molecule has 0 atom stereocenters. The van der Waals surface area contributed by atoms with E-state index in [1.807, 2.05) is 28.8 Å². The van der Waals surface area contributed by atoms with Crippen molar-refractivity contribution >= 4 is 11.7 Å². The molecule has 0 amide bonds. The van der Waals surface area contributed by atoms with Crippen LogP contribution in [0.1, 0.15) is 17.3 Å². The maximum Gasteiger partial charge on any atom is 0.338 e. The largest absolute Gasteiger partial charge is 0.462 e. The molecular weight excluding hydrogens is 254 g/mol. The summed E-state index contributed by atoms with van der Waals surface area (Å²) in [5.74, 6) is 0.343. The monoisotopic (exact) mass is 267 g/mol. The van der Waals surface area contributed by atoms with Gasteiger partial charge in [-0.2, -0.15) is 0 Å². The van der Waals surface area contributed by atoms with Gasteiger partial charge in [-0.05, 0) is 25.1 Å². The Morgan fingerprint density at radius 3 is 2.80 bits per heavy atom. The van der Waals surface area contributed by atoms with Crippen LogP contribution in [0.15, 0.2) is 48.9 Å². The Labute approximate surface area is 115 Å². The minimum atomic E-state index is -0.307. The summed E-state index contributed by atoms with van der Waals surface area (Å²) in [6.07, 6.45) is 5.38. The van der Waals surface area contributed by atoms with Crippen molar-refractivity contribution < 1.29 is 9.53 Å². The maximum atomic E-state index is 11.6. The molecule has 0 saturated carbocycles. The van der Waals surface area contributed by atoms with Crippen molar-refractivity contribution in [2.45, 2.75) is 6.92 Å². The highest BCUT2D eigenvalue weighted by Gasteiger charge is 2.09. The van der Waals surface area contributed by atoms with Gasteiger partial charge in [0, 0.05) is 18.0 Å². The summed E-state index contributed by atoms with van der Waals surface area (Å²) < 4.78 is 6.86. The van der Waals surface area contributed by atoms with Crippen LogP contribution in [0, 0.1) is 0 Å². The van der Waals surface area contributed by atoms with E-state index >= 15 is 0 Å². The Balaban J connectivity index is 1.97. The fraction of sp³-hybridized carbons (Fsp3) is 0.133. The van der Waals surface area contributed by atoms with E-state index < -0.39 is 0 Å². The first-order valence-electron chi connectivity index (χ1n) is 6.35. The van der Waals surface area contributed by atoms with Crippen LogP contribution in [-0.4, -0.2) is 26.9 Å². The molecule has 3 rings (SSSR count). The molecule has 100 valence electrons. The van der Waals surface area contributed by atoms with Gasteiger partial charge in [-0.25, -0.2) is 14.8 Å². The minimum Gasteiger partial charge on any atom is -0.462 e. The van der Waals surface area contributed by atoms with Gasteiger partial charge in [-0.15, -0.1) is 0 Å². The van der Waals surface area contributed by atoms with E-state index in [1.165, 1.54) is 0 Å². The molecule has 5 heteroatoms. The normalized spacial score (nSPS) is 10.7. The zero-order chi connectivity index (χ0) is 13.9. The smallest absolute Gasteiger partial charge is 0.338 e. The molecule has 0 radical (unpaired) electrons. The van der Waals surface area contributed by atoms with Crippen LogP contribution in [0.3, 0.4) is 0 Å². The zero-order valence-electron chi connectivity index (χ0n) is 11.0. The first kappa shape index (κ1) is 12.3. The van der Waals surface area contributed by atoms with E-state index in [9.17, 15) is 4.79 Å². The third-order valence-electron chi connectivity index (χ3n) is 2.98. The first-order valence-corrected chi connectivity index (χ1v) is 6.35. The maximum absolute atomic E-state index is 11.6. The Morgan fingerprint density at radius 1 is 1.25 bits per heavy atom. The molecule has 0 N–H and O–H groups in total. The molecule has 20 heavy (non-hydrogen) atoms. The van der Waals surface area contributed by atoms with Gasteiger partial charge in [0.15, 0.2) is 0 Å². The summed E-state index contributed by atoms with van der Waals surface area (Å²) in [5, 5.41) is 0. The number of carbonyl (C=O) groups excluding carboxylic acids is 1. The molecule has 0 aliphatic rings. The molecule has 2 aromatic heterocycles. The third kappa shape index (κ3) is 2.14. The van der Waals surface area contributed by atoms with Crippen LogP contribution in [-0.2, 0) is 4.74 Å². The summed E-state index contributed by atoms with van der Waals surface area (Å²) in [4.78, 5) is 20.0. The Kier molecular flexibility index (Phi) is 3.16. The van der Waals surface area contributed by atoms with Gasteiger partial charge in [0.25, 0.3) is 0 Å². The lowest BCUT2D eigenvalue weighted by molar-refractivity contribution is 0.0526. The lowest BCUT2D eigenvalue weighted by atomic mass is 10.1. The van der Waals surface area contributed by atoms with Crippen LogP contribution in [0.25, 0.3) is 17.0 Å². The molecule has 5 nitrogen and oxygen atoms in total. The van der Waals surface area contributed by atoms with Crippen molar-refractivity contribution in [1.29, 1.82) is 0 Å². The van der Waals surface area contributed by atoms with Gasteiger partial charge >= 0.3 is 5.97 Å². The number of rotatable bonds is 3. The predicted octanol–water partition coefficient (Wildman–Crippen LogP) is 2.57. The molecule has 0 aliphatic heterocycles. The number of benzene rings is 1. The molecule has 0 saturated heterocycles. The molecule has 0 aliphatic carbocycles. The van der Waals surface area contributed by atoms with E-state index in [4.69, 9.17) is 4.74 Å². The van der Waals surface area contributed by atoms with Crippen molar-refractivity contribution in [2.24, 2.45) is 0 Å². The minimum absolute atomic E-state index is 0.307. The number of nitrogens with zero attached hydrogens (tertiary/aromatic N) is 3. The van der Waals surface area contributed by atoms with E-state index in [-0.39, 0.29) is 5.97 Å². The Hall–Kier alpha value is -2.69. The summed E-state index contributed by atoms with van der Waals surface area (Å²) in [7, 11) is 0. The van der Waals surface area contributed by atoms with Crippen molar-refractivity contribution in [1.82, 2.24) is 14.4 Å². The number of aromatic nitrogens is 3. The van der Waals surface area contributed by atoms with Crippen molar-refractivity contribution in [2.75, 3.05) is 6.61 Å². The molecule has 1 aromatic carbocycles. The third-order valence-corrected chi connectivity index (χ3v) is 2.98. The van der Waals surface area contributed by atoms with Gasteiger partial charge in [0.2, 0.25) is 5.78 Å². The summed E-state index contributed by atoms with van der Waals surface area (Å²) in [6, 6.07) is 9.11. The van der Waals surface area contributed by atoms with Crippen LogP contribution in [0.4, 0.5) is 0 Å². The first-order chi connectivity index (χ1) is 9.79. The predicted molar refractivity (Wildman–Crippen MR) is 74.4 cm³/mol. The Bertz CT molecular complexity index is 747. The van der Waals surface area contributed by atoms with Gasteiger partial charge in [0.05, 0.1) is 24.1 Å². The quantitative estimate of drug-likeness (QED) is 0.684. The van der Waals surface area contributed by atoms with E-state index in [0.29, 0.717) is 17.9 Å². The Morgan fingerprint density at radius 2 is 2.05 bits per heavy atom. The summed E-state index contributed by atoms with van der Waals surface area (Å²) in [6.45, 7) is 2.16. The van der Waals surface area contributed by atoms with Crippen LogP contribution >= 0.6 is 0 Å². The molecule has 0 bridgehead atoms. The lowest BCUT2D eigenvalue weighted by Gasteiger charge is -2.04.